The second kappa shape index (κ2) is 7.44. The van der Waals surface area contributed by atoms with Gasteiger partial charge in [-0.3, -0.25) is 0 Å². The molecule has 1 aliphatic rings. The van der Waals surface area contributed by atoms with Crippen LogP contribution < -0.4 is 0 Å². The summed E-state index contributed by atoms with van der Waals surface area (Å²) >= 11 is 1.86. The number of imidazole rings is 1. The zero-order chi connectivity index (χ0) is 20.8. The lowest BCUT2D eigenvalue weighted by Crippen LogP contribution is -2.08. The van der Waals surface area contributed by atoms with Gasteiger partial charge in [0.05, 0.1) is 22.3 Å². The molecule has 5 aromatic rings. The van der Waals surface area contributed by atoms with E-state index in [9.17, 15) is 0 Å². The molecule has 6 rings (SSSR count). The average Bonchev–Trinajstić information content (AvgIpc) is 3.35. The Morgan fingerprint density at radius 3 is 2.00 bits per heavy atom. The van der Waals surface area contributed by atoms with Gasteiger partial charge >= 0.3 is 0 Å². The number of thioether (sulfide) groups is 1. The lowest BCUT2D eigenvalue weighted by Gasteiger charge is -2.20. The molecule has 1 aliphatic carbocycles. The second-order valence-corrected chi connectivity index (χ2v) is 9.08. The third-order valence-corrected chi connectivity index (χ3v) is 7.48. The largest absolute Gasteiger partial charge is 0.312 e. The standard InChI is InChI=1S/C28H22N2S/c1-19(20-11-3-2-4-12-20)30-26-18-10-9-17-25(26)29-28(30)31-27-23-15-7-5-13-21(23)22-14-6-8-16-24(22)27/h2-19,27H,1H3/t19-/m0/s1. The Kier molecular flexibility index (Phi) is 4.43. The van der Waals surface area contributed by atoms with Crippen molar-refractivity contribution in [3.05, 3.63) is 120 Å². The SMILES string of the molecule is C[C@@H](c1ccccc1)n1c(SC2c3ccccc3-c3ccccc32)nc2ccccc21. The van der Waals surface area contributed by atoms with Crippen molar-refractivity contribution in [3.8, 4) is 11.1 Å². The highest BCUT2D eigenvalue weighted by molar-refractivity contribution is 7.99. The summed E-state index contributed by atoms with van der Waals surface area (Å²) in [6.45, 7) is 2.27. The molecule has 3 heteroatoms. The Bertz CT molecular complexity index is 1340. The van der Waals surface area contributed by atoms with E-state index in [4.69, 9.17) is 4.98 Å². The molecule has 0 N–H and O–H groups in total. The highest BCUT2D eigenvalue weighted by atomic mass is 32.2. The van der Waals surface area contributed by atoms with Gasteiger partial charge in [-0.05, 0) is 46.9 Å². The van der Waals surface area contributed by atoms with Gasteiger partial charge in [-0.25, -0.2) is 4.98 Å². The minimum Gasteiger partial charge on any atom is -0.312 e. The second-order valence-electron chi connectivity index (χ2n) is 8.01. The molecule has 0 unspecified atom stereocenters. The lowest BCUT2D eigenvalue weighted by atomic mass is 10.1. The number of hydrogen-bond acceptors (Lipinski definition) is 2. The van der Waals surface area contributed by atoms with Gasteiger partial charge in [0.1, 0.15) is 0 Å². The predicted molar refractivity (Wildman–Crippen MR) is 130 cm³/mol. The first-order chi connectivity index (χ1) is 15.3. The van der Waals surface area contributed by atoms with E-state index < -0.39 is 0 Å². The molecular weight excluding hydrogens is 396 g/mol. The van der Waals surface area contributed by atoms with Gasteiger partial charge in [0.2, 0.25) is 0 Å². The summed E-state index contributed by atoms with van der Waals surface area (Å²) in [5.74, 6) is 0. The summed E-state index contributed by atoms with van der Waals surface area (Å²) in [7, 11) is 0. The molecule has 4 aromatic carbocycles. The summed E-state index contributed by atoms with van der Waals surface area (Å²) in [5, 5.41) is 1.31. The molecule has 1 heterocycles. The number of rotatable bonds is 4. The van der Waals surface area contributed by atoms with Crippen molar-refractivity contribution in [1.82, 2.24) is 9.55 Å². The Hall–Kier alpha value is -3.30. The third-order valence-electron chi connectivity index (χ3n) is 6.23. The minimum absolute atomic E-state index is 0.197. The number of nitrogens with zero attached hydrogens (tertiary/aromatic N) is 2. The lowest BCUT2D eigenvalue weighted by molar-refractivity contribution is 0.600. The van der Waals surface area contributed by atoms with Crippen LogP contribution in [0, 0.1) is 0 Å². The number of hydrogen-bond donors (Lipinski definition) is 0. The van der Waals surface area contributed by atoms with Crippen molar-refractivity contribution in [3.63, 3.8) is 0 Å². The van der Waals surface area contributed by atoms with Gasteiger partial charge in [-0.2, -0.15) is 0 Å². The van der Waals surface area contributed by atoms with E-state index in [2.05, 4.69) is 115 Å². The van der Waals surface area contributed by atoms with Crippen molar-refractivity contribution < 1.29 is 0 Å². The summed E-state index contributed by atoms with van der Waals surface area (Å²) in [4.78, 5) is 5.09. The molecule has 0 fully saturated rings. The minimum atomic E-state index is 0.197. The molecule has 2 nitrogen and oxygen atoms in total. The molecule has 0 aliphatic heterocycles. The van der Waals surface area contributed by atoms with Gasteiger partial charge in [0.25, 0.3) is 0 Å². The molecule has 1 aromatic heterocycles. The molecule has 31 heavy (non-hydrogen) atoms. The topological polar surface area (TPSA) is 17.8 Å². The molecule has 0 bridgehead atoms. The highest BCUT2D eigenvalue weighted by Crippen LogP contribution is 2.52. The molecule has 0 radical (unpaired) electrons. The molecule has 150 valence electrons. The van der Waals surface area contributed by atoms with Gasteiger partial charge in [0, 0.05) is 0 Å². The fraction of sp³-hybridized carbons (Fsp3) is 0.107. The van der Waals surface area contributed by atoms with Crippen LogP contribution in [0.25, 0.3) is 22.2 Å². The molecule has 0 spiro atoms. The monoisotopic (exact) mass is 418 g/mol. The highest BCUT2D eigenvalue weighted by Gasteiger charge is 2.31. The van der Waals surface area contributed by atoms with E-state index >= 15 is 0 Å². The van der Waals surface area contributed by atoms with Crippen molar-refractivity contribution in [2.24, 2.45) is 0 Å². The van der Waals surface area contributed by atoms with E-state index in [-0.39, 0.29) is 11.3 Å². The third kappa shape index (κ3) is 3.00. The number of aromatic nitrogens is 2. The number of benzene rings is 4. The maximum atomic E-state index is 5.09. The van der Waals surface area contributed by atoms with Crippen molar-refractivity contribution >= 4 is 22.8 Å². The normalized spacial score (nSPS) is 13.8. The summed E-state index contributed by atoms with van der Waals surface area (Å²) in [6, 6.07) is 36.9. The zero-order valence-corrected chi connectivity index (χ0v) is 18.1. The predicted octanol–water partition coefficient (Wildman–Crippen LogP) is 7.51. The molecular formula is C28H22N2S. The van der Waals surface area contributed by atoms with E-state index in [1.54, 1.807) is 0 Å². The first-order valence-corrected chi connectivity index (χ1v) is 11.6. The fourth-order valence-electron chi connectivity index (χ4n) is 4.70. The van der Waals surface area contributed by atoms with Crippen LogP contribution in [-0.4, -0.2) is 9.55 Å². The van der Waals surface area contributed by atoms with Crippen LogP contribution in [0.4, 0.5) is 0 Å². The van der Waals surface area contributed by atoms with E-state index in [0.717, 1.165) is 10.7 Å². The van der Waals surface area contributed by atoms with Crippen LogP contribution in [0.5, 0.6) is 0 Å². The van der Waals surface area contributed by atoms with Crippen LogP contribution in [-0.2, 0) is 0 Å². The number of fused-ring (bicyclic) bond motifs is 4. The Balaban J connectivity index is 1.51. The van der Waals surface area contributed by atoms with E-state index in [1.807, 2.05) is 11.8 Å². The van der Waals surface area contributed by atoms with Crippen LogP contribution >= 0.6 is 11.8 Å². The quantitative estimate of drug-likeness (QED) is 0.300. The number of para-hydroxylation sites is 2. The maximum absolute atomic E-state index is 5.09. The Morgan fingerprint density at radius 1 is 0.710 bits per heavy atom. The van der Waals surface area contributed by atoms with E-state index in [1.165, 1.54) is 33.3 Å². The van der Waals surface area contributed by atoms with Gasteiger partial charge in [-0.15, -0.1) is 0 Å². The van der Waals surface area contributed by atoms with Gasteiger partial charge < -0.3 is 4.57 Å². The van der Waals surface area contributed by atoms with Crippen molar-refractivity contribution in [2.75, 3.05) is 0 Å². The molecule has 0 saturated carbocycles. The molecule has 0 saturated heterocycles. The van der Waals surface area contributed by atoms with Crippen LogP contribution in [0.15, 0.2) is 108 Å². The summed E-state index contributed by atoms with van der Waals surface area (Å²) in [5.41, 5.74) is 8.95. The van der Waals surface area contributed by atoms with Crippen LogP contribution in [0.3, 0.4) is 0 Å². The fourth-order valence-corrected chi connectivity index (χ4v) is 6.10. The average molecular weight is 419 g/mol. The Morgan fingerprint density at radius 2 is 1.29 bits per heavy atom. The zero-order valence-electron chi connectivity index (χ0n) is 17.3. The summed E-state index contributed by atoms with van der Waals surface area (Å²) in [6.07, 6.45) is 0. The van der Waals surface area contributed by atoms with Crippen LogP contribution in [0.1, 0.15) is 34.9 Å². The molecule has 1 atom stereocenters. The smallest absolute Gasteiger partial charge is 0.170 e. The van der Waals surface area contributed by atoms with Gasteiger partial charge in [0.15, 0.2) is 5.16 Å². The molecule has 0 amide bonds. The van der Waals surface area contributed by atoms with E-state index in [0.29, 0.717) is 0 Å². The first-order valence-electron chi connectivity index (χ1n) is 10.7. The van der Waals surface area contributed by atoms with Crippen molar-refractivity contribution in [2.45, 2.75) is 23.4 Å². The van der Waals surface area contributed by atoms with Crippen molar-refractivity contribution in [1.29, 1.82) is 0 Å². The maximum Gasteiger partial charge on any atom is 0.170 e. The summed E-state index contributed by atoms with van der Waals surface area (Å²) < 4.78 is 2.40. The Labute approximate surface area is 186 Å². The first kappa shape index (κ1) is 18.5. The van der Waals surface area contributed by atoms with Crippen LogP contribution in [0.2, 0.25) is 0 Å². The van der Waals surface area contributed by atoms with Gasteiger partial charge in [-0.1, -0.05) is 103 Å².